The van der Waals surface area contributed by atoms with Gasteiger partial charge in [-0.2, -0.15) is 0 Å². The van der Waals surface area contributed by atoms with Crippen LogP contribution >= 0.6 is 23.2 Å². The molecule has 0 radical (unpaired) electrons. The molecule has 3 rings (SSSR count). The first-order chi connectivity index (χ1) is 15.4. The summed E-state index contributed by atoms with van der Waals surface area (Å²) >= 11 is 12.2. The Bertz CT molecular complexity index is 994. The second-order valence-electron chi connectivity index (χ2n) is 6.98. The Balaban J connectivity index is 2.00. The molecule has 1 aliphatic carbocycles. The minimum absolute atomic E-state index is 0.155. The van der Waals surface area contributed by atoms with Crippen LogP contribution in [0.15, 0.2) is 71.1 Å². The number of benzene rings is 2. The first kappa shape index (κ1) is 23.7. The predicted octanol–water partition coefficient (Wildman–Crippen LogP) is 5.95. The molecule has 0 amide bonds. The Kier molecular flexibility index (Phi) is 8.20. The van der Waals surface area contributed by atoms with E-state index in [2.05, 4.69) is 10.6 Å². The number of esters is 2. The molecule has 8 heteroatoms. The topological polar surface area (TPSA) is 76.7 Å². The Morgan fingerprint density at radius 1 is 0.781 bits per heavy atom. The zero-order chi connectivity index (χ0) is 23.1. The van der Waals surface area contributed by atoms with E-state index in [1.807, 2.05) is 12.1 Å². The van der Waals surface area contributed by atoms with E-state index in [0.29, 0.717) is 44.0 Å². The number of allylic oxidation sites excluding steroid dienone is 2. The molecule has 0 saturated carbocycles. The van der Waals surface area contributed by atoms with Gasteiger partial charge in [0, 0.05) is 45.7 Å². The van der Waals surface area contributed by atoms with Crippen molar-refractivity contribution in [1.29, 1.82) is 0 Å². The van der Waals surface area contributed by atoms with Gasteiger partial charge in [0.2, 0.25) is 0 Å². The number of halogens is 2. The molecule has 0 atom stereocenters. The second-order valence-corrected chi connectivity index (χ2v) is 7.85. The van der Waals surface area contributed by atoms with Gasteiger partial charge < -0.3 is 20.1 Å². The van der Waals surface area contributed by atoms with Crippen LogP contribution in [0.1, 0.15) is 26.7 Å². The van der Waals surface area contributed by atoms with Crippen LogP contribution < -0.4 is 10.6 Å². The Morgan fingerprint density at radius 2 is 1.19 bits per heavy atom. The van der Waals surface area contributed by atoms with Crippen LogP contribution in [0.2, 0.25) is 10.0 Å². The van der Waals surface area contributed by atoms with Crippen LogP contribution in [0, 0.1) is 0 Å². The summed E-state index contributed by atoms with van der Waals surface area (Å²) < 4.78 is 10.6. The molecule has 6 nitrogen and oxygen atoms in total. The van der Waals surface area contributed by atoms with Crippen molar-refractivity contribution < 1.29 is 19.1 Å². The summed E-state index contributed by atoms with van der Waals surface area (Å²) in [6.45, 7) is 3.96. The highest BCUT2D eigenvalue weighted by molar-refractivity contribution is 6.31. The number of anilines is 2. The van der Waals surface area contributed by atoms with Crippen molar-refractivity contribution >= 4 is 46.5 Å². The lowest BCUT2D eigenvalue weighted by molar-refractivity contribution is -0.140. The van der Waals surface area contributed by atoms with Crippen molar-refractivity contribution in [2.75, 3.05) is 23.8 Å². The summed E-state index contributed by atoms with van der Waals surface area (Å²) in [7, 11) is 0. The highest BCUT2D eigenvalue weighted by atomic mass is 35.5. The van der Waals surface area contributed by atoms with Gasteiger partial charge in [-0.05, 0) is 50.2 Å². The molecule has 32 heavy (non-hydrogen) atoms. The molecule has 0 bridgehead atoms. The zero-order valence-electron chi connectivity index (χ0n) is 17.8. The van der Waals surface area contributed by atoms with Crippen molar-refractivity contribution in [3.8, 4) is 0 Å². The quantitative estimate of drug-likeness (QED) is 0.460. The largest absolute Gasteiger partial charge is 0.463 e. The Morgan fingerprint density at radius 3 is 1.53 bits per heavy atom. The zero-order valence-corrected chi connectivity index (χ0v) is 19.3. The van der Waals surface area contributed by atoms with Gasteiger partial charge in [0.15, 0.2) is 0 Å². The lowest BCUT2D eigenvalue weighted by atomic mass is 9.92. The summed E-state index contributed by atoms with van der Waals surface area (Å²) in [5, 5.41) is 7.57. The fourth-order valence-corrected chi connectivity index (χ4v) is 3.71. The van der Waals surface area contributed by atoms with Gasteiger partial charge >= 0.3 is 11.9 Å². The molecular formula is C24H24Cl2N2O4. The predicted molar refractivity (Wildman–Crippen MR) is 127 cm³/mol. The third-order valence-corrected chi connectivity index (χ3v) is 5.19. The molecule has 0 unspecified atom stereocenters. The van der Waals surface area contributed by atoms with Crippen molar-refractivity contribution in [3.05, 3.63) is 81.1 Å². The lowest BCUT2D eigenvalue weighted by Crippen LogP contribution is -2.25. The fraction of sp³-hybridized carbons (Fsp3) is 0.250. The first-order valence-electron chi connectivity index (χ1n) is 10.2. The van der Waals surface area contributed by atoms with E-state index in [4.69, 9.17) is 32.7 Å². The van der Waals surface area contributed by atoms with Crippen LogP contribution in [0.4, 0.5) is 11.4 Å². The summed E-state index contributed by atoms with van der Waals surface area (Å²) in [4.78, 5) is 25.6. The molecule has 0 heterocycles. The number of hydrogen-bond donors (Lipinski definition) is 2. The van der Waals surface area contributed by atoms with Gasteiger partial charge in [-0.1, -0.05) is 35.3 Å². The number of ether oxygens (including phenoxy) is 2. The van der Waals surface area contributed by atoms with Crippen molar-refractivity contribution in [2.45, 2.75) is 26.7 Å². The van der Waals surface area contributed by atoms with Crippen LogP contribution in [0.3, 0.4) is 0 Å². The van der Waals surface area contributed by atoms with Crippen LogP contribution in [0.5, 0.6) is 0 Å². The van der Waals surface area contributed by atoms with Gasteiger partial charge in [0.25, 0.3) is 0 Å². The molecule has 0 aromatic heterocycles. The lowest BCUT2D eigenvalue weighted by Gasteiger charge is -2.26. The minimum atomic E-state index is -0.453. The third kappa shape index (κ3) is 6.05. The Hall–Kier alpha value is -2.96. The van der Waals surface area contributed by atoms with E-state index in [1.54, 1.807) is 50.2 Å². The number of carbonyl (C=O) groups is 2. The van der Waals surface area contributed by atoms with E-state index < -0.39 is 11.9 Å². The van der Waals surface area contributed by atoms with Crippen LogP contribution in [-0.2, 0) is 19.1 Å². The number of nitrogens with one attached hydrogen (secondary N) is 2. The summed E-state index contributed by atoms with van der Waals surface area (Å²) in [5.74, 6) is -0.907. The highest BCUT2D eigenvalue weighted by Crippen LogP contribution is 2.34. The summed E-state index contributed by atoms with van der Waals surface area (Å²) in [6.07, 6.45) is 0.310. The van der Waals surface area contributed by atoms with Crippen molar-refractivity contribution in [2.24, 2.45) is 0 Å². The SMILES string of the molecule is CCOC(=O)C1=C(Nc2cccc(Cl)c2)CC(C(=O)OCC)=C(Nc2cccc(Cl)c2)C1. The maximum absolute atomic E-state index is 12.8. The molecule has 0 saturated heterocycles. The highest BCUT2D eigenvalue weighted by Gasteiger charge is 2.30. The average Bonchev–Trinajstić information content (AvgIpc) is 2.75. The molecule has 0 spiro atoms. The van der Waals surface area contributed by atoms with Gasteiger partial charge in [-0.15, -0.1) is 0 Å². The van der Waals surface area contributed by atoms with Crippen molar-refractivity contribution in [3.63, 3.8) is 0 Å². The fourth-order valence-electron chi connectivity index (χ4n) is 3.33. The van der Waals surface area contributed by atoms with Crippen molar-refractivity contribution in [1.82, 2.24) is 0 Å². The molecular weight excluding hydrogens is 451 g/mol. The van der Waals surface area contributed by atoms with Gasteiger partial charge in [0.05, 0.1) is 24.4 Å². The molecule has 0 aliphatic heterocycles. The second kappa shape index (κ2) is 11.1. The normalized spacial score (nSPS) is 13.6. The maximum atomic E-state index is 12.8. The molecule has 2 aromatic carbocycles. The van der Waals surface area contributed by atoms with E-state index >= 15 is 0 Å². The number of hydrogen-bond acceptors (Lipinski definition) is 6. The monoisotopic (exact) mass is 474 g/mol. The molecule has 0 fully saturated rings. The van der Waals surface area contributed by atoms with Crippen LogP contribution in [-0.4, -0.2) is 25.2 Å². The summed E-state index contributed by atoms with van der Waals surface area (Å²) in [5.41, 5.74) is 3.36. The van der Waals surface area contributed by atoms with Crippen LogP contribution in [0.25, 0.3) is 0 Å². The first-order valence-corrected chi connectivity index (χ1v) is 11.0. The number of carbonyl (C=O) groups excluding carboxylic acids is 2. The number of rotatable bonds is 8. The van der Waals surface area contributed by atoms with Gasteiger partial charge in [-0.25, -0.2) is 9.59 Å². The summed E-state index contributed by atoms with van der Waals surface area (Å²) in [6, 6.07) is 14.2. The third-order valence-electron chi connectivity index (χ3n) is 4.72. The van der Waals surface area contributed by atoms with E-state index in [1.165, 1.54) is 0 Å². The smallest absolute Gasteiger partial charge is 0.336 e. The standard InChI is InChI=1S/C24H24Cl2N2O4/c1-3-31-23(29)19-13-22(28-18-10-6-8-16(26)12-18)20(24(30)32-4-2)14-21(19)27-17-9-5-7-15(25)11-17/h5-12,27-28H,3-4,13-14H2,1-2H3. The molecule has 2 N–H and O–H groups in total. The van der Waals surface area contributed by atoms with E-state index in [-0.39, 0.29) is 26.1 Å². The Labute approximate surface area is 197 Å². The molecule has 1 aliphatic rings. The van der Waals surface area contributed by atoms with E-state index in [9.17, 15) is 9.59 Å². The minimum Gasteiger partial charge on any atom is -0.463 e. The average molecular weight is 475 g/mol. The van der Waals surface area contributed by atoms with Gasteiger partial charge in [0.1, 0.15) is 0 Å². The molecule has 2 aromatic rings. The maximum Gasteiger partial charge on any atom is 0.336 e. The van der Waals surface area contributed by atoms with E-state index in [0.717, 1.165) is 0 Å². The molecule has 168 valence electrons. The van der Waals surface area contributed by atoms with Gasteiger partial charge in [-0.3, -0.25) is 0 Å².